The maximum absolute atomic E-state index is 12.7. The fourth-order valence-electron chi connectivity index (χ4n) is 2.50. The first-order valence-electron chi connectivity index (χ1n) is 7.30. The Bertz CT molecular complexity index is 713. The second kappa shape index (κ2) is 5.68. The number of nitrogens with zero attached hydrogens (tertiary/aromatic N) is 2. The number of carbonyl (C=O) groups is 3. The third-order valence-corrected chi connectivity index (χ3v) is 3.77. The molecule has 23 heavy (non-hydrogen) atoms. The van der Waals surface area contributed by atoms with Gasteiger partial charge in [0.1, 0.15) is 6.42 Å². The third kappa shape index (κ3) is 2.73. The van der Waals surface area contributed by atoms with Gasteiger partial charge in [0.15, 0.2) is 0 Å². The van der Waals surface area contributed by atoms with Crippen LogP contribution in [0.5, 0.6) is 0 Å². The number of benzene rings is 2. The predicted octanol–water partition coefficient (Wildman–Crippen LogP) is 3.19. The van der Waals surface area contributed by atoms with Crippen LogP contribution in [0.4, 0.5) is 16.2 Å². The fraction of sp³-hybridized carbons (Fsp3) is 0.167. The number of hydrogen-bond acceptors (Lipinski definition) is 3. The number of amides is 4. The van der Waals surface area contributed by atoms with Crippen molar-refractivity contribution >= 4 is 29.2 Å². The van der Waals surface area contributed by atoms with E-state index in [0.717, 1.165) is 20.9 Å². The Labute approximate surface area is 134 Å². The van der Waals surface area contributed by atoms with Gasteiger partial charge in [-0.2, -0.15) is 0 Å². The van der Waals surface area contributed by atoms with Crippen molar-refractivity contribution in [1.29, 1.82) is 0 Å². The van der Waals surface area contributed by atoms with E-state index in [1.807, 2.05) is 38.1 Å². The maximum Gasteiger partial charge on any atom is 0.342 e. The zero-order valence-electron chi connectivity index (χ0n) is 12.9. The molecule has 0 atom stereocenters. The van der Waals surface area contributed by atoms with Crippen LogP contribution in [0.1, 0.15) is 17.5 Å². The average molecular weight is 308 g/mol. The Morgan fingerprint density at radius 3 is 1.35 bits per heavy atom. The van der Waals surface area contributed by atoms with Gasteiger partial charge < -0.3 is 0 Å². The number of carbonyl (C=O) groups excluding carboxylic acids is 3. The van der Waals surface area contributed by atoms with Gasteiger partial charge in [0.25, 0.3) is 0 Å². The number of aryl methyl sites for hydroxylation is 2. The van der Waals surface area contributed by atoms with Crippen molar-refractivity contribution in [3.8, 4) is 0 Å². The molecule has 0 radical (unpaired) electrons. The molecular weight excluding hydrogens is 292 g/mol. The monoisotopic (exact) mass is 308 g/mol. The van der Waals surface area contributed by atoms with Crippen molar-refractivity contribution in [3.63, 3.8) is 0 Å². The summed E-state index contributed by atoms with van der Waals surface area (Å²) in [6.45, 7) is 3.84. The predicted molar refractivity (Wildman–Crippen MR) is 87.3 cm³/mol. The number of barbiturate groups is 1. The quantitative estimate of drug-likeness (QED) is 0.801. The molecule has 1 aliphatic heterocycles. The third-order valence-electron chi connectivity index (χ3n) is 3.77. The minimum Gasteiger partial charge on any atom is -0.273 e. The molecule has 1 heterocycles. The SMILES string of the molecule is Cc1ccc(N2C(=O)CC(=O)N(c3ccc(C)cc3)C2=O)cc1. The van der Waals surface area contributed by atoms with Gasteiger partial charge in [-0.05, 0) is 38.1 Å². The molecule has 3 rings (SSSR count). The van der Waals surface area contributed by atoms with E-state index >= 15 is 0 Å². The molecule has 1 saturated heterocycles. The van der Waals surface area contributed by atoms with E-state index in [2.05, 4.69) is 0 Å². The summed E-state index contributed by atoms with van der Waals surface area (Å²) in [5, 5.41) is 0. The van der Waals surface area contributed by atoms with Crippen LogP contribution in [0.3, 0.4) is 0 Å². The molecule has 1 aliphatic rings. The molecule has 2 aromatic carbocycles. The average Bonchev–Trinajstić information content (AvgIpc) is 2.50. The minimum atomic E-state index is -0.640. The van der Waals surface area contributed by atoms with Crippen LogP contribution in [-0.4, -0.2) is 17.8 Å². The van der Waals surface area contributed by atoms with E-state index < -0.39 is 17.8 Å². The molecule has 0 aliphatic carbocycles. The lowest BCUT2D eigenvalue weighted by atomic mass is 10.1. The van der Waals surface area contributed by atoms with Crippen molar-refractivity contribution in [2.75, 3.05) is 9.80 Å². The normalized spacial score (nSPS) is 15.3. The Morgan fingerprint density at radius 1 is 0.652 bits per heavy atom. The molecular formula is C18H16N2O3. The summed E-state index contributed by atoms with van der Waals surface area (Å²) in [6, 6.07) is 13.5. The van der Waals surface area contributed by atoms with E-state index in [1.54, 1.807) is 24.3 Å². The number of anilines is 2. The first kappa shape index (κ1) is 15.0. The second-order valence-electron chi connectivity index (χ2n) is 5.59. The van der Waals surface area contributed by atoms with Crippen molar-refractivity contribution in [2.45, 2.75) is 20.3 Å². The Kier molecular flexibility index (Phi) is 3.70. The summed E-state index contributed by atoms with van der Waals surface area (Å²) < 4.78 is 0. The van der Waals surface area contributed by atoms with E-state index in [-0.39, 0.29) is 6.42 Å². The lowest BCUT2D eigenvalue weighted by Gasteiger charge is -2.32. The highest BCUT2D eigenvalue weighted by atomic mass is 16.2. The molecule has 5 nitrogen and oxygen atoms in total. The molecule has 0 bridgehead atoms. The number of urea groups is 1. The maximum atomic E-state index is 12.7. The minimum absolute atomic E-state index is 0.326. The largest absolute Gasteiger partial charge is 0.342 e. The van der Waals surface area contributed by atoms with E-state index in [9.17, 15) is 14.4 Å². The highest BCUT2D eigenvalue weighted by molar-refractivity contribution is 6.35. The van der Waals surface area contributed by atoms with Gasteiger partial charge in [-0.15, -0.1) is 0 Å². The molecule has 0 spiro atoms. The zero-order valence-corrected chi connectivity index (χ0v) is 12.9. The van der Waals surface area contributed by atoms with Crippen molar-refractivity contribution in [1.82, 2.24) is 0 Å². The molecule has 4 amide bonds. The summed E-state index contributed by atoms with van der Waals surface area (Å²) in [6.07, 6.45) is -0.326. The zero-order chi connectivity index (χ0) is 16.6. The van der Waals surface area contributed by atoms with Crippen molar-refractivity contribution in [2.24, 2.45) is 0 Å². The number of hydrogen-bond donors (Lipinski definition) is 0. The molecule has 0 N–H and O–H groups in total. The number of rotatable bonds is 2. The summed E-state index contributed by atoms with van der Waals surface area (Å²) in [7, 11) is 0. The van der Waals surface area contributed by atoms with Gasteiger partial charge in [0, 0.05) is 0 Å². The smallest absolute Gasteiger partial charge is 0.273 e. The first-order chi connectivity index (χ1) is 11.0. The topological polar surface area (TPSA) is 57.7 Å². The first-order valence-corrected chi connectivity index (χ1v) is 7.30. The molecule has 116 valence electrons. The van der Waals surface area contributed by atoms with Crippen LogP contribution in [0.25, 0.3) is 0 Å². The molecule has 0 aromatic heterocycles. The van der Waals surface area contributed by atoms with Gasteiger partial charge in [0.05, 0.1) is 11.4 Å². The van der Waals surface area contributed by atoms with Crippen LogP contribution in [0, 0.1) is 13.8 Å². The van der Waals surface area contributed by atoms with Gasteiger partial charge in [-0.25, -0.2) is 14.6 Å². The van der Waals surface area contributed by atoms with Crippen LogP contribution in [0.15, 0.2) is 48.5 Å². The van der Waals surface area contributed by atoms with E-state index in [0.29, 0.717) is 11.4 Å². The Balaban J connectivity index is 2.00. The fourth-order valence-corrected chi connectivity index (χ4v) is 2.50. The summed E-state index contributed by atoms with van der Waals surface area (Å²) in [5.74, 6) is -1.01. The van der Waals surface area contributed by atoms with E-state index in [4.69, 9.17) is 0 Å². The highest BCUT2D eigenvalue weighted by Gasteiger charge is 2.39. The molecule has 5 heteroatoms. The van der Waals surface area contributed by atoms with Crippen LogP contribution < -0.4 is 9.80 Å². The van der Waals surface area contributed by atoms with Gasteiger partial charge in [-0.3, -0.25) is 9.59 Å². The van der Waals surface area contributed by atoms with Crippen LogP contribution in [0.2, 0.25) is 0 Å². The lowest BCUT2D eigenvalue weighted by molar-refractivity contribution is -0.126. The Morgan fingerprint density at radius 2 is 1.00 bits per heavy atom. The Hall–Kier alpha value is -2.95. The summed E-state index contributed by atoms with van der Waals surface area (Å²) >= 11 is 0. The molecule has 2 aromatic rings. The van der Waals surface area contributed by atoms with Gasteiger partial charge in [0.2, 0.25) is 11.8 Å². The van der Waals surface area contributed by atoms with E-state index in [1.165, 1.54) is 0 Å². The number of imide groups is 2. The van der Waals surface area contributed by atoms with Gasteiger partial charge >= 0.3 is 6.03 Å². The molecule has 0 saturated carbocycles. The van der Waals surface area contributed by atoms with Crippen molar-refractivity contribution < 1.29 is 14.4 Å². The molecule has 0 unspecified atom stereocenters. The summed E-state index contributed by atoms with van der Waals surface area (Å²) in [5.41, 5.74) is 2.99. The summed E-state index contributed by atoms with van der Waals surface area (Å²) in [4.78, 5) is 39.2. The molecule has 1 fully saturated rings. The second-order valence-corrected chi connectivity index (χ2v) is 5.59. The standard InChI is InChI=1S/C18H16N2O3/c1-12-3-7-14(8-4-12)19-16(21)11-17(22)20(18(19)23)15-9-5-13(2)6-10-15/h3-10H,11H2,1-2H3. The lowest BCUT2D eigenvalue weighted by Crippen LogP contribution is -2.55. The van der Waals surface area contributed by atoms with Crippen LogP contribution in [-0.2, 0) is 9.59 Å². The van der Waals surface area contributed by atoms with Crippen LogP contribution >= 0.6 is 0 Å². The van der Waals surface area contributed by atoms with Crippen molar-refractivity contribution in [3.05, 3.63) is 59.7 Å². The van der Waals surface area contributed by atoms with Gasteiger partial charge in [-0.1, -0.05) is 35.4 Å². The highest BCUT2D eigenvalue weighted by Crippen LogP contribution is 2.26.